The maximum Gasteiger partial charge on any atom is 0.255 e. The summed E-state index contributed by atoms with van der Waals surface area (Å²) in [7, 11) is -4.00. The summed E-state index contributed by atoms with van der Waals surface area (Å²) in [5.74, 6) is -1.48. The first-order valence-corrected chi connectivity index (χ1v) is 9.11. The molecular formula is C16H14ClFN2O3S. The Labute approximate surface area is 143 Å². The van der Waals surface area contributed by atoms with Crippen LogP contribution in [0.5, 0.6) is 0 Å². The van der Waals surface area contributed by atoms with Crippen molar-refractivity contribution >= 4 is 33.2 Å². The molecule has 0 heterocycles. The highest BCUT2D eigenvalue weighted by atomic mass is 35.5. The van der Waals surface area contributed by atoms with Gasteiger partial charge in [0.05, 0.1) is 10.7 Å². The number of halogens is 2. The molecule has 2 aromatic rings. The zero-order chi connectivity index (χ0) is 17.3. The van der Waals surface area contributed by atoms with Gasteiger partial charge in [0.15, 0.2) is 0 Å². The SMILES string of the molecule is O=C(Nc1ccccc1Cl)c1ccc(F)c(S(=O)(=O)NC2CC2)c1. The molecule has 0 radical (unpaired) electrons. The van der Waals surface area contributed by atoms with E-state index in [2.05, 4.69) is 10.0 Å². The first-order valence-electron chi connectivity index (χ1n) is 7.24. The molecule has 24 heavy (non-hydrogen) atoms. The van der Waals surface area contributed by atoms with Crippen LogP contribution in [0, 0.1) is 5.82 Å². The first kappa shape index (κ1) is 16.9. The molecule has 126 valence electrons. The molecule has 5 nitrogen and oxygen atoms in total. The number of carbonyl (C=O) groups is 1. The quantitative estimate of drug-likeness (QED) is 0.851. The zero-order valence-corrected chi connectivity index (χ0v) is 14.0. The molecule has 8 heteroatoms. The highest BCUT2D eigenvalue weighted by Gasteiger charge is 2.30. The molecule has 0 atom stereocenters. The van der Waals surface area contributed by atoms with Gasteiger partial charge in [-0.15, -0.1) is 0 Å². The molecule has 1 amide bonds. The molecule has 0 bridgehead atoms. The summed E-state index contributed by atoms with van der Waals surface area (Å²) >= 11 is 5.97. The molecule has 2 N–H and O–H groups in total. The van der Waals surface area contributed by atoms with Gasteiger partial charge in [-0.05, 0) is 43.2 Å². The summed E-state index contributed by atoms with van der Waals surface area (Å²) in [6.45, 7) is 0. The van der Waals surface area contributed by atoms with Gasteiger partial charge in [0.25, 0.3) is 5.91 Å². The Morgan fingerprint density at radius 3 is 2.54 bits per heavy atom. The Hall–Kier alpha value is -1.96. The highest BCUT2D eigenvalue weighted by Crippen LogP contribution is 2.25. The number of carbonyl (C=O) groups excluding carboxylic acids is 1. The van der Waals surface area contributed by atoms with Crippen molar-refractivity contribution in [1.82, 2.24) is 4.72 Å². The average molecular weight is 369 g/mol. The molecule has 1 fully saturated rings. The lowest BCUT2D eigenvalue weighted by Crippen LogP contribution is -2.27. The minimum absolute atomic E-state index is 0.0208. The van der Waals surface area contributed by atoms with Crippen LogP contribution in [0.15, 0.2) is 47.4 Å². The number of hydrogen-bond donors (Lipinski definition) is 2. The number of anilines is 1. The van der Waals surface area contributed by atoms with Gasteiger partial charge < -0.3 is 5.32 Å². The van der Waals surface area contributed by atoms with Gasteiger partial charge in [0.2, 0.25) is 10.0 Å². The lowest BCUT2D eigenvalue weighted by atomic mass is 10.2. The van der Waals surface area contributed by atoms with Gasteiger partial charge in [0.1, 0.15) is 10.7 Å². The van der Waals surface area contributed by atoms with E-state index in [9.17, 15) is 17.6 Å². The molecule has 3 rings (SSSR count). The van der Waals surface area contributed by atoms with Crippen LogP contribution in [0.1, 0.15) is 23.2 Å². The Bertz CT molecular complexity index is 898. The first-order chi connectivity index (χ1) is 11.4. The molecule has 0 spiro atoms. The smallest absolute Gasteiger partial charge is 0.255 e. The van der Waals surface area contributed by atoms with E-state index >= 15 is 0 Å². The third-order valence-electron chi connectivity index (χ3n) is 3.50. The molecule has 0 aliphatic heterocycles. The van der Waals surface area contributed by atoms with E-state index in [1.165, 1.54) is 6.07 Å². The van der Waals surface area contributed by atoms with Crippen LogP contribution in [0.3, 0.4) is 0 Å². The van der Waals surface area contributed by atoms with Crippen molar-refractivity contribution in [3.8, 4) is 0 Å². The highest BCUT2D eigenvalue weighted by molar-refractivity contribution is 7.89. The Morgan fingerprint density at radius 2 is 1.88 bits per heavy atom. The lowest BCUT2D eigenvalue weighted by molar-refractivity contribution is 0.102. The standard InChI is InChI=1S/C16H14ClFN2O3S/c17-12-3-1-2-4-14(12)19-16(21)10-5-8-13(18)15(9-10)24(22,23)20-11-6-7-11/h1-5,8-9,11,20H,6-7H2,(H,19,21). The molecule has 2 aromatic carbocycles. The monoisotopic (exact) mass is 368 g/mol. The second-order valence-corrected chi connectivity index (χ2v) is 7.56. The lowest BCUT2D eigenvalue weighted by Gasteiger charge is -2.10. The fourth-order valence-electron chi connectivity index (χ4n) is 2.09. The van der Waals surface area contributed by atoms with Crippen LogP contribution in [0.4, 0.5) is 10.1 Å². The van der Waals surface area contributed by atoms with E-state index < -0.39 is 26.6 Å². The van der Waals surface area contributed by atoms with Crippen LogP contribution in [-0.4, -0.2) is 20.4 Å². The number of hydrogen-bond acceptors (Lipinski definition) is 3. The Morgan fingerprint density at radius 1 is 1.17 bits per heavy atom. The van der Waals surface area contributed by atoms with Gasteiger partial charge in [-0.2, -0.15) is 0 Å². The number of rotatable bonds is 5. The fourth-order valence-corrected chi connectivity index (χ4v) is 3.68. The third kappa shape index (κ3) is 3.75. The van der Waals surface area contributed by atoms with E-state index in [0.29, 0.717) is 10.7 Å². The number of amides is 1. The van der Waals surface area contributed by atoms with Gasteiger partial charge in [-0.3, -0.25) is 4.79 Å². The van der Waals surface area contributed by atoms with Gasteiger partial charge in [-0.25, -0.2) is 17.5 Å². The number of sulfonamides is 1. The van der Waals surface area contributed by atoms with Crippen LogP contribution in [0.2, 0.25) is 5.02 Å². The molecule has 1 aliphatic carbocycles. The second kappa shape index (κ2) is 6.51. The molecular weight excluding hydrogens is 355 g/mol. The number of nitrogens with one attached hydrogen (secondary N) is 2. The summed E-state index contributed by atoms with van der Waals surface area (Å²) < 4.78 is 40.7. The average Bonchev–Trinajstić information content (AvgIpc) is 3.33. The number of para-hydroxylation sites is 1. The molecule has 0 aromatic heterocycles. The molecule has 1 saturated carbocycles. The minimum Gasteiger partial charge on any atom is -0.321 e. The fraction of sp³-hybridized carbons (Fsp3) is 0.188. The van der Waals surface area contributed by atoms with Crippen molar-refractivity contribution in [3.63, 3.8) is 0 Å². The largest absolute Gasteiger partial charge is 0.321 e. The van der Waals surface area contributed by atoms with Crippen molar-refractivity contribution in [3.05, 3.63) is 58.9 Å². The van der Waals surface area contributed by atoms with Crippen molar-refractivity contribution < 1.29 is 17.6 Å². The van der Waals surface area contributed by atoms with E-state index in [4.69, 9.17) is 11.6 Å². The van der Waals surface area contributed by atoms with Gasteiger partial charge in [0, 0.05) is 11.6 Å². The summed E-state index contributed by atoms with van der Waals surface area (Å²) in [6, 6.07) is 9.67. The van der Waals surface area contributed by atoms with Crippen molar-refractivity contribution in [2.45, 2.75) is 23.8 Å². The van der Waals surface area contributed by atoms with Crippen molar-refractivity contribution in [2.75, 3.05) is 5.32 Å². The molecule has 1 aliphatic rings. The normalized spacial score (nSPS) is 14.4. The molecule has 0 unspecified atom stereocenters. The van der Waals surface area contributed by atoms with E-state index in [1.807, 2.05) is 0 Å². The zero-order valence-electron chi connectivity index (χ0n) is 12.4. The number of benzene rings is 2. The maximum absolute atomic E-state index is 13.9. The Kier molecular flexibility index (Phi) is 4.58. The van der Waals surface area contributed by atoms with Crippen molar-refractivity contribution in [2.24, 2.45) is 0 Å². The predicted molar refractivity (Wildman–Crippen MR) is 89.1 cm³/mol. The predicted octanol–water partition coefficient (Wildman–Crippen LogP) is 3.17. The van der Waals surface area contributed by atoms with E-state index in [-0.39, 0.29) is 11.6 Å². The Balaban J connectivity index is 1.87. The van der Waals surface area contributed by atoms with Crippen LogP contribution < -0.4 is 10.0 Å². The topological polar surface area (TPSA) is 75.3 Å². The van der Waals surface area contributed by atoms with Crippen molar-refractivity contribution in [1.29, 1.82) is 0 Å². The minimum atomic E-state index is -4.00. The second-order valence-electron chi connectivity index (χ2n) is 5.47. The van der Waals surface area contributed by atoms with Crippen LogP contribution >= 0.6 is 11.6 Å². The van der Waals surface area contributed by atoms with Crippen LogP contribution in [-0.2, 0) is 10.0 Å². The third-order valence-corrected chi connectivity index (χ3v) is 5.37. The molecule has 0 saturated heterocycles. The van der Waals surface area contributed by atoms with Gasteiger partial charge >= 0.3 is 0 Å². The van der Waals surface area contributed by atoms with Gasteiger partial charge in [-0.1, -0.05) is 23.7 Å². The summed E-state index contributed by atoms with van der Waals surface area (Å²) in [4.78, 5) is 11.7. The van der Waals surface area contributed by atoms with E-state index in [0.717, 1.165) is 25.0 Å². The summed E-state index contributed by atoms with van der Waals surface area (Å²) in [6.07, 6.45) is 1.46. The van der Waals surface area contributed by atoms with E-state index in [1.54, 1.807) is 24.3 Å². The summed E-state index contributed by atoms with van der Waals surface area (Å²) in [5, 5.41) is 2.91. The maximum atomic E-state index is 13.9. The van der Waals surface area contributed by atoms with Crippen LogP contribution in [0.25, 0.3) is 0 Å². The summed E-state index contributed by atoms with van der Waals surface area (Å²) in [5.41, 5.74) is 0.404.